The number of rotatable bonds is 9. The first-order chi connectivity index (χ1) is 9.67. The monoisotopic (exact) mass is 285 g/mol. The number of carbonyl (C=O) groups excluding carboxylic acids is 2. The summed E-state index contributed by atoms with van der Waals surface area (Å²) in [6.45, 7) is 3.06. The van der Waals surface area contributed by atoms with Crippen LogP contribution in [0.4, 0.5) is 0 Å². The first kappa shape index (κ1) is 17.1. The van der Waals surface area contributed by atoms with Crippen LogP contribution in [0.3, 0.4) is 0 Å². The number of nitrogens with zero attached hydrogens (tertiary/aromatic N) is 1. The fourth-order valence-electron chi connectivity index (χ4n) is 2.75. The number of carbonyl (C=O) groups is 2. The molecule has 1 fully saturated rings. The molecule has 5 heteroatoms. The van der Waals surface area contributed by atoms with Crippen molar-refractivity contribution in [2.24, 2.45) is 0 Å². The van der Waals surface area contributed by atoms with E-state index >= 15 is 0 Å². The molecule has 1 rings (SSSR count). The Bertz CT molecular complexity index is 300. The molecule has 0 spiro atoms. The van der Waals surface area contributed by atoms with Crippen LogP contribution in [0.2, 0.25) is 0 Å². The third-order valence-corrected chi connectivity index (χ3v) is 3.77. The number of esters is 1. The van der Waals surface area contributed by atoms with E-state index in [0.29, 0.717) is 25.7 Å². The van der Waals surface area contributed by atoms with E-state index in [-0.39, 0.29) is 31.2 Å². The van der Waals surface area contributed by atoms with E-state index in [9.17, 15) is 9.59 Å². The summed E-state index contributed by atoms with van der Waals surface area (Å²) in [4.78, 5) is 25.3. The second-order valence-electron chi connectivity index (χ2n) is 5.33. The van der Waals surface area contributed by atoms with Gasteiger partial charge in [-0.3, -0.25) is 14.5 Å². The predicted molar refractivity (Wildman–Crippen MR) is 76.4 cm³/mol. The summed E-state index contributed by atoms with van der Waals surface area (Å²) < 4.78 is 4.82. The van der Waals surface area contributed by atoms with Crippen LogP contribution in [0.1, 0.15) is 51.9 Å². The van der Waals surface area contributed by atoms with Crippen molar-refractivity contribution in [2.45, 2.75) is 57.9 Å². The Labute approximate surface area is 121 Å². The lowest BCUT2D eigenvalue weighted by atomic mass is 9.94. The average molecular weight is 285 g/mol. The molecule has 0 bridgehead atoms. The average Bonchev–Trinajstić information content (AvgIpc) is 2.46. The largest absolute Gasteiger partial charge is 0.466 e. The van der Waals surface area contributed by atoms with Crippen molar-refractivity contribution in [3.05, 3.63) is 0 Å². The van der Waals surface area contributed by atoms with Gasteiger partial charge in [0.2, 0.25) is 0 Å². The Balaban J connectivity index is 2.35. The lowest BCUT2D eigenvalue weighted by molar-refractivity contribution is -0.144. The number of aliphatic hydroxyl groups is 1. The SMILES string of the molecule is CCOC(=O)CCC(=O)CN(CCO)C1CCCCC1. The summed E-state index contributed by atoms with van der Waals surface area (Å²) in [5, 5.41) is 9.14. The van der Waals surface area contributed by atoms with Gasteiger partial charge in [0.05, 0.1) is 26.2 Å². The minimum atomic E-state index is -0.313. The van der Waals surface area contributed by atoms with Crippen molar-refractivity contribution in [3.8, 4) is 0 Å². The summed E-state index contributed by atoms with van der Waals surface area (Å²) in [7, 11) is 0. The number of aliphatic hydroxyl groups excluding tert-OH is 1. The Kier molecular flexibility index (Phi) is 8.46. The maximum Gasteiger partial charge on any atom is 0.306 e. The first-order valence-corrected chi connectivity index (χ1v) is 7.69. The molecule has 1 N–H and O–H groups in total. The highest BCUT2D eigenvalue weighted by molar-refractivity contribution is 5.84. The normalized spacial score (nSPS) is 16.4. The number of hydrogen-bond acceptors (Lipinski definition) is 5. The molecule has 1 saturated carbocycles. The Hall–Kier alpha value is -0.940. The molecule has 0 aliphatic heterocycles. The summed E-state index contributed by atoms with van der Waals surface area (Å²) >= 11 is 0. The number of hydrogen-bond donors (Lipinski definition) is 1. The van der Waals surface area contributed by atoms with Gasteiger partial charge in [0, 0.05) is 19.0 Å². The summed E-state index contributed by atoms with van der Waals surface area (Å²) in [5.74, 6) is -0.260. The molecule has 0 saturated heterocycles. The Morgan fingerprint density at radius 3 is 2.50 bits per heavy atom. The summed E-state index contributed by atoms with van der Waals surface area (Å²) in [6, 6.07) is 0.405. The summed E-state index contributed by atoms with van der Waals surface area (Å²) in [6.07, 6.45) is 6.25. The van der Waals surface area contributed by atoms with Crippen LogP contribution in [0, 0.1) is 0 Å². The second kappa shape index (κ2) is 9.88. The molecule has 0 aromatic heterocycles. The first-order valence-electron chi connectivity index (χ1n) is 7.69. The number of ether oxygens (including phenoxy) is 1. The minimum absolute atomic E-state index is 0.0528. The Morgan fingerprint density at radius 2 is 1.90 bits per heavy atom. The van der Waals surface area contributed by atoms with E-state index in [0.717, 1.165) is 12.8 Å². The molecule has 0 heterocycles. The molecule has 0 aromatic carbocycles. The predicted octanol–water partition coefficient (Wildman–Crippen LogP) is 1.53. The minimum Gasteiger partial charge on any atom is -0.466 e. The van der Waals surface area contributed by atoms with Gasteiger partial charge in [-0.2, -0.15) is 0 Å². The van der Waals surface area contributed by atoms with Crippen LogP contribution < -0.4 is 0 Å². The molecule has 0 atom stereocenters. The van der Waals surface area contributed by atoms with Crippen molar-refractivity contribution in [1.82, 2.24) is 4.90 Å². The van der Waals surface area contributed by atoms with Crippen molar-refractivity contribution in [1.29, 1.82) is 0 Å². The van der Waals surface area contributed by atoms with Crippen molar-refractivity contribution in [2.75, 3.05) is 26.3 Å². The van der Waals surface area contributed by atoms with Crippen molar-refractivity contribution in [3.63, 3.8) is 0 Å². The van der Waals surface area contributed by atoms with E-state index in [2.05, 4.69) is 4.90 Å². The van der Waals surface area contributed by atoms with E-state index in [1.807, 2.05) is 0 Å². The van der Waals surface area contributed by atoms with Crippen LogP contribution in [-0.2, 0) is 14.3 Å². The third kappa shape index (κ3) is 6.48. The van der Waals surface area contributed by atoms with Gasteiger partial charge in [0.1, 0.15) is 5.78 Å². The molecule has 1 aliphatic carbocycles. The number of ketones is 1. The van der Waals surface area contributed by atoms with Gasteiger partial charge in [-0.15, -0.1) is 0 Å². The van der Waals surface area contributed by atoms with Gasteiger partial charge in [-0.25, -0.2) is 0 Å². The molecule has 0 amide bonds. The fraction of sp³-hybridized carbons (Fsp3) is 0.867. The molecular formula is C15H27NO4. The van der Waals surface area contributed by atoms with E-state index < -0.39 is 0 Å². The maximum absolute atomic E-state index is 11.9. The molecule has 5 nitrogen and oxygen atoms in total. The van der Waals surface area contributed by atoms with Gasteiger partial charge < -0.3 is 9.84 Å². The molecule has 20 heavy (non-hydrogen) atoms. The molecule has 116 valence electrons. The van der Waals surface area contributed by atoms with E-state index in [1.165, 1.54) is 19.3 Å². The zero-order valence-electron chi connectivity index (χ0n) is 12.5. The second-order valence-corrected chi connectivity index (χ2v) is 5.33. The van der Waals surface area contributed by atoms with Gasteiger partial charge in [0.15, 0.2) is 0 Å². The van der Waals surface area contributed by atoms with Gasteiger partial charge in [0.25, 0.3) is 0 Å². The lowest BCUT2D eigenvalue weighted by Crippen LogP contribution is -2.42. The van der Waals surface area contributed by atoms with Crippen LogP contribution in [-0.4, -0.2) is 54.1 Å². The zero-order valence-corrected chi connectivity index (χ0v) is 12.5. The van der Waals surface area contributed by atoms with E-state index in [4.69, 9.17) is 9.84 Å². The smallest absolute Gasteiger partial charge is 0.306 e. The van der Waals surface area contributed by atoms with Crippen LogP contribution >= 0.6 is 0 Å². The van der Waals surface area contributed by atoms with Crippen molar-refractivity contribution >= 4 is 11.8 Å². The topological polar surface area (TPSA) is 66.8 Å². The molecule has 0 aromatic rings. The van der Waals surface area contributed by atoms with Gasteiger partial charge >= 0.3 is 5.97 Å². The highest BCUT2D eigenvalue weighted by atomic mass is 16.5. The Morgan fingerprint density at radius 1 is 1.20 bits per heavy atom. The highest BCUT2D eigenvalue weighted by Crippen LogP contribution is 2.22. The standard InChI is InChI=1S/C15H27NO4/c1-2-20-15(19)9-8-14(18)12-16(10-11-17)13-6-4-3-5-7-13/h13,17H,2-12H2,1H3. The zero-order chi connectivity index (χ0) is 14.8. The van der Waals surface area contributed by atoms with Crippen LogP contribution in [0.15, 0.2) is 0 Å². The molecule has 1 aliphatic rings. The lowest BCUT2D eigenvalue weighted by Gasteiger charge is -2.33. The van der Waals surface area contributed by atoms with Crippen molar-refractivity contribution < 1.29 is 19.4 Å². The van der Waals surface area contributed by atoms with E-state index in [1.54, 1.807) is 6.92 Å². The molecular weight excluding hydrogens is 258 g/mol. The van der Waals surface area contributed by atoms with Gasteiger partial charge in [-0.05, 0) is 19.8 Å². The van der Waals surface area contributed by atoms with Gasteiger partial charge in [-0.1, -0.05) is 19.3 Å². The third-order valence-electron chi connectivity index (χ3n) is 3.77. The fourth-order valence-corrected chi connectivity index (χ4v) is 2.75. The number of Topliss-reactive ketones (excluding diaryl/α,β-unsaturated/α-hetero) is 1. The molecule has 0 radical (unpaired) electrons. The maximum atomic E-state index is 11.9. The van der Waals surface area contributed by atoms with Crippen LogP contribution in [0.5, 0.6) is 0 Å². The molecule has 0 unspecified atom stereocenters. The highest BCUT2D eigenvalue weighted by Gasteiger charge is 2.22. The van der Waals surface area contributed by atoms with Crippen LogP contribution in [0.25, 0.3) is 0 Å². The summed E-state index contributed by atoms with van der Waals surface area (Å²) in [5.41, 5.74) is 0. The quantitative estimate of drug-likeness (QED) is 0.651.